The summed E-state index contributed by atoms with van der Waals surface area (Å²) < 4.78 is 1.96. The maximum atomic E-state index is 12.7. The molecule has 1 aromatic heterocycles. The number of imidazole rings is 1. The Morgan fingerprint density at radius 1 is 1.63 bits per heavy atom. The first-order valence-electron chi connectivity index (χ1n) is 7.01. The number of carbonyl (C=O) groups is 1. The first-order chi connectivity index (χ1) is 9.09. The summed E-state index contributed by atoms with van der Waals surface area (Å²) in [5.74, 6) is 1.18. The summed E-state index contributed by atoms with van der Waals surface area (Å²) >= 11 is 0. The Morgan fingerprint density at radius 2 is 2.42 bits per heavy atom. The normalized spacial score (nSPS) is 22.7. The van der Waals surface area contributed by atoms with E-state index in [0.29, 0.717) is 6.54 Å². The standard InChI is InChI=1S/C14H24N4O/c1-4-5-14(6-7-15-11-14)13(19)18(3)10-12-16-8-9-17(12)2/h8-9,15H,4-7,10-11H2,1-3H3. The van der Waals surface area contributed by atoms with Crippen LogP contribution in [0.25, 0.3) is 0 Å². The van der Waals surface area contributed by atoms with Crippen molar-refractivity contribution in [2.24, 2.45) is 12.5 Å². The van der Waals surface area contributed by atoms with E-state index in [1.807, 2.05) is 29.8 Å². The quantitative estimate of drug-likeness (QED) is 0.868. The Balaban J connectivity index is 2.07. The fourth-order valence-corrected chi connectivity index (χ4v) is 2.96. The maximum absolute atomic E-state index is 12.7. The van der Waals surface area contributed by atoms with Crippen LogP contribution in [0.3, 0.4) is 0 Å². The van der Waals surface area contributed by atoms with Gasteiger partial charge in [0.05, 0.1) is 12.0 Å². The number of nitrogens with one attached hydrogen (secondary N) is 1. The first kappa shape index (κ1) is 14.1. The second-order valence-corrected chi connectivity index (χ2v) is 5.57. The van der Waals surface area contributed by atoms with E-state index in [4.69, 9.17) is 0 Å². The molecule has 0 spiro atoms. The highest BCUT2D eigenvalue weighted by molar-refractivity contribution is 5.83. The molecule has 2 heterocycles. The zero-order chi connectivity index (χ0) is 13.9. The van der Waals surface area contributed by atoms with E-state index in [9.17, 15) is 4.79 Å². The van der Waals surface area contributed by atoms with Gasteiger partial charge in [0, 0.05) is 33.0 Å². The van der Waals surface area contributed by atoms with Crippen LogP contribution < -0.4 is 5.32 Å². The van der Waals surface area contributed by atoms with Crippen molar-refractivity contribution in [2.45, 2.75) is 32.7 Å². The summed E-state index contributed by atoms with van der Waals surface area (Å²) in [7, 11) is 3.84. The van der Waals surface area contributed by atoms with Crippen LogP contribution in [-0.4, -0.2) is 40.5 Å². The summed E-state index contributed by atoms with van der Waals surface area (Å²) in [6, 6.07) is 0. The third-order valence-electron chi connectivity index (χ3n) is 4.07. The number of hydrogen-bond donors (Lipinski definition) is 1. The van der Waals surface area contributed by atoms with Gasteiger partial charge in [0.25, 0.3) is 0 Å². The van der Waals surface area contributed by atoms with E-state index in [1.54, 1.807) is 6.20 Å². The van der Waals surface area contributed by atoms with E-state index in [2.05, 4.69) is 17.2 Å². The summed E-state index contributed by atoms with van der Waals surface area (Å²) in [5, 5.41) is 3.34. The van der Waals surface area contributed by atoms with Crippen LogP contribution in [-0.2, 0) is 18.4 Å². The van der Waals surface area contributed by atoms with Gasteiger partial charge in [-0.3, -0.25) is 4.79 Å². The molecule has 1 unspecified atom stereocenters. The van der Waals surface area contributed by atoms with Crippen molar-refractivity contribution in [3.05, 3.63) is 18.2 Å². The average Bonchev–Trinajstić information content (AvgIpc) is 3.00. The van der Waals surface area contributed by atoms with Gasteiger partial charge in [-0.05, 0) is 19.4 Å². The highest BCUT2D eigenvalue weighted by Gasteiger charge is 2.41. The summed E-state index contributed by atoms with van der Waals surface area (Å²) in [6.07, 6.45) is 6.64. The lowest BCUT2D eigenvalue weighted by Crippen LogP contribution is -2.43. The SMILES string of the molecule is CCCC1(C(=O)N(C)Cc2nccn2C)CCNC1. The predicted molar refractivity (Wildman–Crippen MR) is 74.5 cm³/mol. The number of carbonyl (C=O) groups excluding carboxylic acids is 1. The zero-order valence-corrected chi connectivity index (χ0v) is 12.1. The molecule has 1 aliphatic heterocycles. The molecule has 0 saturated carbocycles. The molecule has 19 heavy (non-hydrogen) atoms. The number of rotatable bonds is 5. The van der Waals surface area contributed by atoms with E-state index in [1.165, 1.54) is 0 Å². The highest BCUT2D eigenvalue weighted by Crippen LogP contribution is 2.33. The minimum atomic E-state index is -0.200. The second-order valence-electron chi connectivity index (χ2n) is 5.57. The highest BCUT2D eigenvalue weighted by atomic mass is 16.2. The van der Waals surface area contributed by atoms with Gasteiger partial charge in [-0.15, -0.1) is 0 Å². The van der Waals surface area contributed by atoms with E-state index < -0.39 is 0 Å². The molecule has 1 aliphatic rings. The van der Waals surface area contributed by atoms with Gasteiger partial charge in [0.1, 0.15) is 5.82 Å². The molecule has 1 aromatic rings. The molecule has 5 heteroatoms. The molecule has 5 nitrogen and oxygen atoms in total. The van der Waals surface area contributed by atoms with Crippen LogP contribution in [0.1, 0.15) is 32.0 Å². The maximum Gasteiger partial charge on any atom is 0.230 e. The van der Waals surface area contributed by atoms with Crippen molar-refractivity contribution >= 4 is 5.91 Å². The van der Waals surface area contributed by atoms with Gasteiger partial charge >= 0.3 is 0 Å². The molecule has 1 atom stereocenters. The Kier molecular flexibility index (Phi) is 4.24. The minimum Gasteiger partial charge on any atom is -0.338 e. The van der Waals surface area contributed by atoms with Crippen molar-refractivity contribution in [3.8, 4) is 0 Å². The van der Waals surface area contributed by atoms with Crippen LogP contribution >= 0.6 is 0 Å². The molecule has 0 aromatic carbocycles. The molecule has 2 rings (SSSR count). The van der Waals surface area contributed by atoms with Crippen molar-refractivity contribution in [1.29, 1.82) is 0 Å². The number of aryl methyl sites for hydroxylation is 1. The van der Waals surface area contributed by atoms with Crippen molar-refractivity contribution in [1.82, 2.24) is 19.8 Å². The first-order valence-corrected chi connectivity index (χ1v) is 7.01. The van der Waals surface area contributed by atoms with Gasteiger partial charge in [0.15, 0.2) is 0 Å². The van der Waals surface area contributed by atoms with Gasteiger partial charge in [-0.25, -0.2) is 4.98 Å². The van der Waals surface area contributed by atoms with Crippen LogP contribution in [0.15, 0.2) is 12.4 Å². The lowest BCUT2D eigenvalue weighted by molar-refractivity contribution is -0.141. The van der Waals surface area contributed by atoms with Crippen LogP contribution in [0.5, 0.6) is 0 Å². The predicted octanol–water partition coefficient (Wildman–Crippen LogP) is 1.16. The number of hydrogen-bond acceptors (Lipinski definition) is 3. The Morgan fingerprint density at radius 3 is 2.95 bits per heavy atom. The largest absolute Gasteiger partial charge is 0.338 e. The molecule has 1 fully saturated rings. The van der Waals surface area contributed by atoms with E-state index in [-0.39, 0.29) is 11.3 Å². The Bertz CT molecular complexity index is 434. The molecule has 106 valence electrons. The Hall–Kier alpha value is -1.36. The smallest absolute Gasteiger partial charge is 0.230 e. The topological polar surface area (TPSA) is 50.2 Å². The molecular formula is C14H24N4O. The van der Waals surface area contributed by atoms with Gasteiger partial charge in [0.2, 0.25) is 5.91 Å². The summed E-state index contributed by atoms with van der Waals surface area (Å²) in [4.78, 5) is 18.9. The van der Waals surface area contributed by atoms with Crippen LogP contribution in [0, 0.1) is 5.41 Å². The zero-order valence-electron chi connectivity index (χ0n) is 12.1. The molecule has 0 aliphatic carbocycles. The monoisotopic (exact) mass is 264 g/mol. The molecule has 1 saturated heterocycles. The fraction of sp³-hybridized carbons (Fsp3) is 0.714. The summed E-state index contributed by atoms with van der Waals surface area (Å²) in [6.45, 7) is 4.48. The molecule has 0 bridgehead atoms. The average molecular weight is 264 g/mol. The Labute approximate surface area is 115 Å². The van der Waals surface area contributed by atoms with Crippen molar-refractivity contribution < 1.29 is 4.79 Å². The van der Waals surface area contributed by atoms with Crippen molar-refractivity contribution in [2.75, 3.05) is 20.1 Å². The van der Waals surface area contributed by atoms with Crippen molar-refractivity contribution in [3.63, 3.8) is 0 Å². The third-order valence-corrected chi connectivity index (χ3v) is 4.07. The number of nitrogens with zero attached hydrogens (tertiary/aromatic N) is 3. The van der Waals surface area contributed by atoms with Gasteiger partial charge in [-0.1, -0.05) is 13.3 Å². The fourth-order valence-electron chi connectivity index (χ4n) is 2.96. The molecular weight excluding hydrogens is 240 g/mol. The lowest BCUT2D eigenvalue weighted by Gasteiger charge is -2.31. The van der Waals surface area contributed by atoms with Crippen LogP contribution in [0.2, 0.25) is 0 Å². The third kappa shape index (κ3) is 2.81. The number of amides is 1. The minimum absolute atomic E-state index is 0.200. The second kappa shape index (κ2) is 5.74. The number of aromatic nitrogens is 2. The van der Waals surface area contributed by atoms with Crippen LogP contribution in [0.4, 0.5) is 0 Å². The molecule has 1 amide bonds. The van der Waals surface area contributed by atoms with Gasteiger partial charge < -0.3 is 14.8 Å². The summed E-state index contributed by atoms with van der Waals surface area (Å²) in [5.41, 5.74) is -0.200. The van der Waals surface area contributed by atoms with E-state index >= 15 is 0 Å². The van der Waals surface area contributed by atoms with E-state index in [0.717, 1.165) is 38.2 Å². The molecule has 0 radical (unpaired) electrons. The van der Waals surface area contributed by atoms with Gasteiger partial charge in [-0.2, -0.15) is 0 Å². The molecule has 1 N–H and O–H groups in total. The lowest BCUT2D eigenvalue weighted by atomic mass is 9.81.